The third-order valence-electron chi connectivity index (χ3n) is 11.8. The highest BCUT2D eigenvalue weighted by molar-refractivity contribution is 6.32. The molecular formula is C50H30. The van der Waals surface area contributed by atoms with Crippen molar-refractivity contribution in [1.82, 2.24) is 0 Å². The molecule has 0 unspecified atom stereocenters. The monoisotopic (exact) mass is 630 g/mol. The lowest BCUT2D eigenvalue weighted by Crippen LogP contribution is -1.95. The highest BCUT2D eigenvalue weighted by Crippen LogP contribution is 2.60. The predicted molar refractivity (Wildman–Crippen MR) is 214 cm³/mol. The topological polar surface area (TPSA) is 0 Å². The van der Waals surface area contributed by atoms with Crippen LogP contribution in [0, 0.1) is 0 Å². The minimum Gasteiger partial charge on any atom is -0.0616 e. The third-order valence-corrected chi connectivity index (χ3v) is 11.8. The van der Waals surface area contributed by atoms with E-state index in [0.717, 1.165) is 12.8 Å². The molecule has 0 atom stereocenters. The third kappa shape index (κ3) is 3.36. The molecule has 10 aromatic rings. The fourth-order valence-electron chi connectivity index (χ4n) is 9.80. The highest BCUT2D eigenvalue weighted by atomic mass is 14.4. The first-order valence-electron chi connectivity index (χ1n) is 17.8. The Balaban J connectivity index is 1.34. The molecule has 0 saturated heterocycles. The molecule has 0 radical (unpaired) electrons. The number of fused-ring (bicyclic) bond motifs is 10. The number of benzene rings is 10. The Morgan fingerprint density at radius 2 is 0.640 bits per heavy atom. The molecule has 0 saturated carbocycles. The summed E-state index contributed by atoms with van der Waals surface area (Å²) >= 11 is 0. The van der Waals surface area contributed by atoms with Gasteiger partial charge in [0.2, 0.25) is 0 Å². The summed E-state index contributed by atoms with van der Waals surface area (Å²) in [4.78, 5) is 0. The zero-order valence-corrected chi connectivity index (χ0v) is 27.4. The molecule has 0 heteroatoms. The summed E-state index contributed by atoms with van der Waals surface area (Å²) in [6, 6.07) is 59.7. The summed E-state index contributed by atoms with van der Waals surface area (Å²) in [5.41, 5.74) is 13.8. The molecule has 12 rings (SSSR count). The van der Waals surface area contributed by atoms with Crippen LogP contribution in [-0.4, -0.2) is 0 Å². The molecule has 2 aliphatic carbocycles. The van der Waals surface area contributed by atoms with Gasteiger partial charge in [-0.1, -0.05) is 146 Å². The standard InChI is InChI=1S/C50H30/c1-3-13-33-31(11-1)27-43(37-17-7-5-15-35(33)37)46-39-19-9-10-20-40(39)47(44-28-32-12-2-4-14-34(32)36-16-6-8-18-38(36)44)50-42-26-24-30-22-21-29-23-25-41(49(46)50)48(42)45(29)30/h1-20,23-28H,21-22H2. The van der Waals surface area contributed by atoms with Crippen molar-refractivity contribution < 1.29 is 0 Å². The molecule has 2 aliphatic rings. The Bertz CT molecular complexity index is 2930. The van der Waals surface area contributed by atoms with Gasteiger partial charge in [-0.3, -0.25) is 0 Å². The number of aryl methyl sites for hydroxylation is 2. The van der Waals surface area contributed by atoms with Gasteiger partial charge in [0.25, 0.3) is 0 Å². The van der Waals surface area contributed by atoms with Crippen LogP contribution in [0.1, 0.15) is 11.1 Å². The Morgan fingerprint density at radius 1 is 0.260 bits per heavy atom. The van der Waals surface area contributed by atoms with Crippen molar-refractivity contribution in [3.8, 4) is 44.5 Å². The van der Waals surface area contributed by atoms with Crippen molar-refractivity contribution in [2.45, 2.75) is 12.8 Å². The van der Waals surface area contributed by atoms with Crippen LogP contribution in [0.3, 0.4) is 0 Å². The Hall–Kier alpha value is -6.24. The van der Waals surface area contributed by atoms with Gasteiger partial charge in [0.15, 0.2) is 0 Å². The van der Waals surface area contributed by atoms with Crippen LogP contribution < -0.4 is 0 Å². The van der Waals surface area contributed by atoms with E-state index in [-0.39, 0.29) is 0 Å². The largest absolute Gasteiger partial charge is 0.0616 e. The fraction of sp³-hybridized carbons (Fsp3) is 0.0400. The first-order chi connectivity index (χ1) is 24.8. The summed E-state index contributed by atoms with van der Waals surface area (Å²) in [6.07, 6.45) is 2.25. The lowest BCUT2D eigenvalue weighted by atomic mass is 9.80. The van der Waals surface area contributed by atoms with Gasteiger partial charge in [-0.05, 0) is 145 Å². The summed E-state index contributed by atoms with van der Waals surface area (Å²) in [5.74, 6) is 0. The van der Waals surface area contributed by atoms with Crippen molar-refractivity contribution in [3.05, 3.63) is 169 Å². The molecule has 0 aromatic heterocycles. The molecular weight excluding hydrogens is 601 g/mol. The molecule has 0 heterocycles. The number of rotatable bonds is 2. The van der Waals surface area contributed by atoms with Crippen molar-refractivity contribution >= 4 is 64.6 Å². The van der Waals surface area contributed by atoms with E-state index < -0.39 is 0 Å². The van der Waals surface area contributed by atoms with Crippen LogP contribution in [0.2, 0.25) is 0 Å². The lowest BCUT2D eigenvalue weighted by molar-refractivity contribution is 1.02. The minimum atomic E-state index is 1.12. The Labute approximate surface area is 289 Å². The number of hydrogen-bond acceptors (Lipinski definition) is 0. The van der Waals surface area contributed by atoms with Gasteiger partial charge in [-0.25, -0.2) is 0 Å². The van der Waals surface area contributed by atoms with Gasteiger partial charge < -0.3 is 0 Å². The maximum atomic E-state index is 2.46. The van der Waals surface area contributed by atoms with E-state index in [1.54, 1.807) is 0 Å². The van der Waals surface area contributed by atoms with Gasteiger partial charge in [-0.15, -0.1) is 0 Å². The van der Waals surface area contributed by atoms with Crippen LogP contribution in [0.4, 0.5) is 0 Å². The molecule has 230 valence electrons. The predicted octanol–water partition coefficient (Wildman–Crippen LogP) is 13.7. The summed E-state index contributed by atoms with van der Waals surface area (Å²) in [7, 11) is 0. The zero-order chi connectivity index (χ0) is 32.5. The Morgan fingerprint density at radius 3 is 1.10 bits per heavy atom. The molecule has 0 spiro atoms. The quantitative estimate of drug-likeness (QED) is 0.167. The summed E-state index contributed by atoms with van der Waals surface area (Å²) in [6.45, 7) is 0. The molecule has 0 bridgehead atoms. The molecule has 10 aromatic carbocycles. The van der Waals surface area contributed by atoms with E-state index in [1.165, 1.54) is 120 Å². The van der Waals surface area contributed by atoms with Gasteiger partial charge >= 0.3 is 0 Å². The van der Waals surface area contributed by atoms with Crippen LogP contribution in [0.5, 0.6) is 0 Å². The maximum absolute atomic E-state index is 2.46. The average molecular weight is 631 g/mol. The second-order valence-corrected chi connectivity index (χ2v) is 14.2. The van der Waals surface area contributed by atoms with Gasteiger partial charge in [0.05, 0.1) is 0 Å². The van der Waals surface area contributed by atoms with Gasteiger partial charge in [0.1, 0.15) is 0 Å². The maximum Gasteiger partial charge on any atom is -0.000718 e. The summed E-state index contributed by atoms with van der Waals surface area (Å²) < 4.78 is 0. The lowest BCUT2D eigenvalue weighted by Gasteiger charge is -2.23. The first-order valence-corrected chi connectivity index (χ1v) is 17.8. The zero-order valence-electron chi connectivity index (χ0n) is 27.4. The SMILES string of the molecule is c1ccc2c(c1)cc(-c1c3c(c(-c4cc5ccccc5c5ccccc45)c4ccccc14)-c1ccc4c5c(ccc-3c15)CC4)c1ccccc12. The Kier molecular flexibility index (Phi) is 5.17. The van der Waals surface area contributed by atoms with Crippen molar-refractivity contribution in [1.29, 1.82) is 0 Å². The minimum absolute atomic E-state index is 1.12. The van der Waals surface area contributed by atoms with Crippen molar-refractivity contribution in [2.75, 3.05) is 0 Å². The van der Waals surface area contributed by atoms with Crippen LogP contribution in [-0.2, 0) is 12.8 Å². The molecule has 0 fully saturated rings. The van der Waals surface area contributed by atoms with E-state index in [9.17, 15) is 0 Å². The van der Waals surface area contributed by atoms with Crippen molar-refractivity contribution in [3.63, 3.8) is 0 Å². The van der Waals surface area contributed by atoms with E-state index in [4.69, 9.17) is 0 Å². The van der Waals surface area contributed by atoms with E-state index in [0.29, 0.717) is 0 Å². The van der Waals surface area contributed by atoms with Gasteiger partial charge in [0, 0.05) is 0 Å². The summed E-state index contributed by atoms with van der Waals surface area (Å²) in [5, 5.41) is 15.9. The molecule has 0 N–H and O–H groups in total. The smallest absolute Gasteiger partial charge is 0.000718 e. The second-order valence-electron chi connectivity index (χ2n) is 14.2. The first kappa shape index (κ1) is 26.7. The number of hydrogen-bond donors (Lipinski definition) is 0. The molecule has 0 nitrogen and oxygen atoms in total. The normalized spacial score (nSPS) is 13.0. The van der Waals surface area contributed by atoms with Crippen LogP contribution in [0.25, 0.3) is 109 Å². The van der Waals surface area contributed by atoms with E-state index >= 15 is 0 Å². The van der Waals surface area contributed by atoms with E-state index in [1.807, 2.05) is 0 Å². The molecule has 50 heavy (non-hydrogen) atoms. The fourth-order valence-corrected chi connectivity index (χ4v) is 9.80. The van der Waals surface area contributed by atoms with E-state index in [2.05, 4.69) is 158 Å². The highest BCUT2D eigenvalue weighted by Gasteiger charge is 2.33. The van der Waals surface area contributed by atoms with Crippen molar-refractivity contribution in [2.24, 2.45) is 0 Å². The van der Waals surface area contributed by atoms with Gasteiger partial charge in [-0.2, -0.15) is 0 Å². The average Bonchev–Trinajstić information content (AvgIpc) is 3.75. The second kappa shape index (κ2) is 9.68. The van der Waals surface area contributed by atoms with Crippen LogP contribution in [0.15, 0.2) is 158 Å². The van der Waals surface area contributed by atoms with Crippen LogP contribution >= 0.6 is 0 Å². The molecule has 0 amide bonds. The molecule has 0 aliphatic heterocycles.